The molecule has 5 nitrogen and oxygen atoms in total. The summed E-state index contributed by atoms with van der Waals surface area (Å²) < 4.78 is 0. The Bertz CT molecular complexity index is 377. The van der Waals surface area contributed by atoms with Gasteiger partial charge in [-0.3, -0.25) is 9.59 Å². The van der Waals surface area contributed by atoms with E-state index in [1.54, 1.807) is 0 Å². The zero-order valence-corrected chi connectivity index (χ0v) is 13.6. The minimum absolute atomic E-state index is 0.0504. The van der Waals surface area contributed by atoms with Crippen molar-refractivity contribution in [3.63, 3.8) is 0 Å². The van der Waals surface area contributed by atoms with E-state index in [0.717, 1.165) is 38.8 Å². The molecule has 0 atom stereocenters. The van der Waals surface area contributed by atoms with E-state index in [-0.39, 0.29) is 17.5 Å². The van der Waals surface area contributed by atoms with E-state index < -0.39 is 0 Å². The van der Waals surface area contributed by atoms with Crippen LogP contribution in [0.1, 0.15) is 52.9 Å². The molecule has 0 aromatic heterocycles. The summed E-state index contributed by atoms with van der Waals surface area (Å²) in [6.07, 6.45) is 4.42. The fourth-order valence-corrected chi connectivity index (χ4v) is 2.68. The number of carbonyl (C=O) groups excluding carboxylic acids is 2. The Morgan fingerprint density at radius 1 is 1.10 bits per heavy atom. The minimum atomic E-state index is 0.0504. The van der Waals surface area contributed by atoms with E-state index in [9.17, 15) is 9.59 Å². The number of piperidine rings is 1. The number of carbonyl (C=O) groups is 2. The summed E-state index contributed by atoms with van der Waals surface area (Å²) >= 11 is 0. The Labute approximate surface area is 127 Å². The van der Waals surface area contributed by atoms with Crippen LogP contribution in [0.15, 0.2) is 0 Å². The van der Waals surface area contributed by atoms with Crippen LogP contribution in [0, 0.1) is 5.92 Å². The first kappa shape index (κ1) is 16.3. The van der Waals surface area contributed by atoms with Crippen molar-refractivity contribution in [3.05, 3.63) is 0 Å². The Kier molecular flexibility index (Phi) is 5.25. The van der Waals surface area contributed by atoms with Gasteiger partial charge in [-0.05, 0) is 46.5 Å². The standard InChI is InChI=1S/C16H29N3O2/c1-16(2,3)17-9-6-14(20)18-13-7-10-19(11-8-13)15(21)12-4-5-12/h12-13,17H,4-11H2,1-3H3,(H,18,20). The van der Waals surface area contributed by atoms with Gasteiger partial charge in [-0.15, -0.1) is 0 Å². The van der Waals surface area contributed by atoms with E-state index in [1.165, 1.54) is 0 Å². The summed E-state index contributed by atoms with van der Waals surface area (Å²) in [7, 11) is 0. The number of hydrogen-bond donors (Lipinski definition) is 2. The molecule has 2 N–H and O–H groups in total. The van der Waals surface area contributed by atoms with Gasteiger partial charge in [-0.25, -0.2) is 0 Å². The first-order valence-corrected chi connectivity index (χ1v) is 8.18. The van der Waals surface area contributed by atoms with E-state index >= 15 is 0 Å². The second-order valence-corrected chi connectivity index (χ2v) is 7.37. The SMILES string of the molecule is CC(C)(C)NCCC(=O)NC1CCN(C(=O)C2CC2)CC1. The van der Waals surface area contributed by atoms with E-state index in [1.807, 2.05) is 4.90 Å². The average Bonchev–Trinajstić information content (AvgIpc) is 3.21. The highest BCUT2D eigenvalue weighted by atomic mass is 16.2. The normalized spacial score (nSPS) is 20.4. The van der Waals surface area contributed by atoms with Gasteiger partial charge in [-0.1, -0.05) is 0 Å². The Morgan fingerprint density at radius 3 is 2.24 bits per heavy atom. The summed E-state index contributed by atoms with van der Waals surface area (Å²) in [5.41, 5.74) is 0.0504. The smallest absolute Gasteiger partial charge is 0.225 e. The van der Waals surface area contributed by atoms with Crippen LogP contribution >= 0.6 is 0 Å². The van der Waals surface area contributed by atoms with Crippen molar-refractivity contribution >= 4 is 11.8 Å². The van der Waals surface area contributed by atoms with Gasteiger partial charge in [0.05, 0.1) is 0 Å². The molecular weight excluding hydrogens is 266 g/mol. The zero-order chi connectivity index (χ0) is 15.5. The molecule has 1 saturated heterocycles. The lowest BCUT2D eigenvalue weighted by Gasteiger charge is -2.32. The van der Waals surface area contributed by atoms with Crippen LogP contribution in [0.5, 0.6) is 0 Å². The molecule has 5 heteroatoms. The Morgan fingerprint density at radius 2 is 1.71 bits per heavy atom. The zero-order valence-electron chi connectivity index (χ0n) is 13.6. The first-order valence-electron chi connectivity index (χ1n) is 8.18. The lowest BCUT2D eigenvalue weighted by Crippen LogP contribution is -2.47. The molecular formula is C16H29N3O2. The van der Waals surface area contributed by atoms with Crippen molar-refractivity contribution in [2.45, 2.75) is 64.5 Å². The number of rotatable bonds is 5. The van der Waals surface area contributed by atoms with Crippen molar-refractivity contribution in [2.75, 3.05) is 19.6 Å². The van der Waals surface area contributed by atoms with Crippen molar-refractivity contribution in [3.8, 4) is 0 Å². The molecule has 0 bridgehead atoms. The highest BCUT2D eigenvalue weighted by molar-refractivity contribution is 5.81. The molecule has 0 spiro atoms. The molecule has 0 aromatic carbocycles. The molecule has 2 amide bonds. The summed E-state index contributed by atoms with van der Waals surface area (Å²) in [6.45, 7) is 8.57. The average molecular weight is 295 g/mol. The van der Waals surface area contributed by atoms with Gasteiger partial charge in [-0.2, -0.15) is 0 Å². The van der Waals surface area contributed by atoms with Crippen LogP contribution in [0.2, 0.25) is 0 Å². The summed E-state index contributed by atoms with van der Waals surface area (Å²) in [4.78, 5) is 25.8. The van der Waals surface area contributed by atoms with Crippen LogP contribution in [0.25, 0.3) is 0 Å². The molecule has 2 fully saturated rings. The van der Waals surface area contributed by atoms with E-state index in [0.29, 0.717) is 24.8 Å². The number of likely N-dealkylation sites (tertiary alicyclic amines) is 1. The summed E-state index contributed by atoms with van der Waals surface area (Å²) in [6, 6.07) is 0.232. The van der Waals surface area contributed by atoms with Crippen molar-refractivity contribution < 1.29 is 9.59 Å². The van der Waals surface area contributed by atoms with Gasteiger partial charge in [0, 0.05) is 43.6 Å². The van der Waals surface area contributed by atoms with Crippen LogP contribution in [-0.4, -0.2) is 47.9 Å². The van der Waals surface area contributed by atoms with Crippen molar-refractivity contribution in [2.24, 2.45) is 5.92 Å². The fourth-order valence-electron chi connectivity index (χ4n) is 2.68. The summed E-state index contributed by atoms with van der Waals surface area (Å²) in [5, 5.41) is 6.41. The largest absolute Gasteiger partial charge is 0.353 e. The quantitative estimate of drug-likeness (QED) is 0.803. The Balaban J connectivity index is 1.61. The second kappa shape index (κ2) is 6.77. The predicted octanol–water partition coefficient (Wildman–Crippen LogP) is 1.28. The van der Waals surface area contributed by atoms with Crippen LogP contribution in [0.3, 0.4) is 0 Å². The first-order chi connectivity index (χ1) is 9.85. The van der Waals surface area contributed by atoms with Crippen LogP contribution in [-0.2, 0) is 9.59 Å². The fraction of sp³-hybridized carbons (Fsp3) is 0.875. The van der Waals surface area contributed by atoms with Gasteiger partial charge in [0.15, 0.2) is 0 Å². The molecule has 2 rings (SSSR count). The lowest BCUT2D eigenvalue weighted by atomic mass is 10.0. The highest BCUT2D eigenvalue weighted by Crippen LogP contribution is 2.31. The minimum Gasteiger partial charge on any atom is -0.353 e. The number of nitrogens with one attached hydrogen (secondary N) is 2. The Hall–Kier alpha value is -1.10. The molecule has 21 heavy (non-hydrogen) atoms. The van der Waals surface area contributed by atoms with E-state index in [2.05, 4.69) is 31.4 Å². The molecule has 2 aliphatic rings. The predicted molar refractivity (Wildman–Crippen MR) is 82.8 cm³/mol. The van der Waals surface area contributed by atoms with Gasteiger partial charge in [0.2, 0.25) is 11.8 Å². The number of amides is 2. The maximum absolute atomic E-state index is 12.0. The molecule has 0 radical (unpaired) electrons. The van der Waals surface area contributed by atoms with Crippen LogP contribution < -0.4 is 10.6 Å². The third-order valence-electron chi connectivity index (χ3n) is 4.11. The van der Waals surface area contributed by atoms with E-state index in [4.69, 9.17) is 0 Å². The third-order valence-corrected chi connectivity index (χ3v) is 4.11. The maximum atomic E-state index is 12.0. The van der Waals surface area contributed by atoms with Gasteiger partial charge in [0.1, 0.15) is 0 Å². The molecule has 0 unspecified atom stereocenters. The monoisotopic (exact) mass is 295 g/mol. The molecule has 0 aromatic rings. The molecule has 1 aliphatic carbocycles. The number of nitrogens with zero attached hydrogens (tertiary/aromatic N) is 1. The van der Waals surface area contributed by atoms with Crippen molar-refractivity contribution in [1.29, 1.82) is 0 Å². The van der Waals surface area contributed by atoms with Gasteiger partial charge >= 0.3 is 0 Å². The maximum Gasteiger partial charge on any atom is 0.225 e. The lowest BCUT2D eigenvalue weighted by molar-refractivity contribution is -0.133. The topological polar surface area (TPSA) is 61.4 Å². The molecule has 1 heterocycles. The number of hydrogen-bond acceptors (Lipinski definition) is 3. The second-order valence-electron chi connectivity index (χ2n) is 7.37. The van der Waals surface area contributed by atoms with Crippen LogP contribution in [0.4, 0.5) is 0 Å². The van der Waals surface area contributed by atoms with Gasteiger partial charge < -0.3 is 15.5 Å². The van der Waals surface area contributed by atoms with Crippen molar-refractivity contribution in [1.82, 2.24) is 15.5 Å². The highest BCUT2D eigenvalue weighted by Gasteiger charge is 2.35. The summed E-state index contributed by atoms with van der Waals surface area (Å²) in [5.74, 6) is 0.743. The molecule has 120 valence electrons. The van der Waals surface area contributed by atoms with Gasteiger partial charge in [0.25, 0.3) is 0 Å². The third kappa shape index (κ3) is 5.65. The molecule has 1 aliphatic heterocycles. The molecule has 1 saturated carbocycles.